The summed E-state index contributed by atoms with van der Waals surface area (Å²) in [5.74, 6) is 0.819. The Labute approximate surface area is 132 Å². The summed E-state index contributed by atoms with van der Waals surface area (Å²) in [7, 11) is 0. The van der Waals surface area contributed by atoms with E-state index in [0.717, 1.165) is 36.5 Å². The summed E-state index contributed by atoms with van der Waals surface area (Å²) < 4.78 is 15.0. The van der Waals surface area contributed by atoms with E-state index in [-0.39, 0.29) is 0 Å². The van der Waals surface area contributed by atoms with Crippen LogP contribution in [0.4, 0.5) is 5.88 Å². The monoisotopic (exact) mass is 440 g/mol. The minimum Gasteiger partial charge on any atom is -0.458 e. The van der Waals surface area contributed by atoms with Crippen molar-refractivity contribution in [1.29, 1.82) is 0 Å². The molecule has 1 aliphatic rings. The van der Waals surface area contributed by atoms with Gasteiger partial charge in [-0.05, 0) is 15.9 Å². The fraction of sp³-hybridized carbons (Fsp3) is 0.364. The average Bonchev–Trinajstić information content (AvgIpc) is 2.73. The summed E-state index contributed by atoms with van der Waals surface area (Å²) in [6, 6.07) is 1.87. The van der Waals surface area contributed by atoms with Gasteiger partial charge in [-0.1, -0.05) is 12.2 Å². The summed E-state index contributed by atoms with van der Waals surface area (Å²) in [4.78, 5) is 2.21. The summed E-state index contributed by atoms with van der Waals surface area (Å²) in [5.41, 5.74) is 1.32. The first-order valence-corrected chi connectivity index (χ1v) is 7.68. The molecule has 7 heteroatoms. The van der Waals surface area contributed by atoms with Gasteiger partial charge in [-0.25, -0.2) is 3.11 Å². The molecule has 1 fully saturated rings. The van der Waals surface area contributed by atoms with Crippen molar-refractivity contribution in [3.05, 3.63) is 21.3 Å². The maximum Gasteiger partial charge on any atom is 0.197 e. The summed E-state index contributed by atoms with van der Waals surface area (Å²) in [5, 5.41) is 0. The highest BCUT2D eigenvalue weighted by atomic mass is 127. The van der Waals surface area contributed by atoms with Crippen molar-refractivity contribution < 1.29 is 8.83 Å². The second-order valence-electron chi connectivity index (χ2n) is 4.09. The van der Waals surface area contributed by atoms with Crippen LogP contribution in [0.15, 0.2) is 25.6 Å². The third-order valence-electron chi connectivity index (χ3n) is 2.93. The molecule has 0 saturated carbocycles. The van der Waals surface area contributed by atoms with Gasteiger partial charge in [0.2, 0.25) is 0 Å². The van der Waals surface area contributed by atoms with Gasteiger partial charge in [-0.15, -0.1) is 0 Å². The van der Waals surface area contributed by atoms with E-state index in [2.05, 4.69) is 46.8 Å². The van der Waals surface area contributed by atoms with Gasteiger partial charge in [0.1, 0.15) is 6.26 Å². The molecule has 2 aromatic heterocycles. The Morgan fingerprint density at radius 1 is 1.22 bits per heavy atom. The van der Waals surface area contributed by atoms with Gasteiger partial charge in [0.15, 0.2) is 17.1 Å². The van der Waals surface area contributed by atoms with Crippen LogP contribution in [0.1, 0.15) is 0 Å². The molecule has 3 heterocycles. The number of nitrogens with zero attached hydrogens (tertiary/aromatic N) is 2. The maximum atomic E-state index is 5.89. The number of piperazine rings is 1. The first kappa shape index (κ1) is 12.9. The maximum absolute atomic E-state index is 5.89. The number of hydrogen-bond acceptors (Lipinski definition) is 5. The highest BCUT2D eigenvalue weighted by Gasteiger charge is 2.19. The standard InChI is InChI=1S/C11H10BrIN2O2S/c12-7-6-16-11-8(18)5-9(17-10(7)11)14-1-3-15(13)4-2-14/h5-6H,1-4H2. The molecule has 0 radical (unpaired) electrons. The van der Waals surface area contributed by atoms with Gasteiger partial charge in [-0.3, -0.25) is 0 Å². The second kappa shape index (κ2) is 5.10. The number of furan rings is 1. The van der Waals surface area contributed by atoms with Crippen molar-refractivity contribution in [2.45, 2.75) is 0 Å². The number of hydrogen-bond donors (Lipinski definition) is 0. The van der Waals surface area contributed by atoms with Crippen LogP contribution in [0.25, 0.3) is 11.2 Å². The highest BCUT2D eigenvalue weighted by Crippen LogP contribution is 2.31. The van der Waals surface area contributed by atoms with Gasteiger partial charge in [-0.2, -0.15) is 0 Å². The van der Waals surface area contributed by atoms with Crippen LogP contribution in [-0.4, -0.2) is 29.3 Å². The smallest absolute Gasteiger partial charge is 0.197 e. The van der Waals surface area contributed by atoms with Crippen molar-refractivity contribution in [2.24, 2.45) is 0 Å². The Morgan fingerprint density at radius 3 is 2.67 bits per heavy atom. The lowest BCUT2D eigenvalue weighted by Crippen LogP contribution is -2.42. The molecule has 0 atom stereocenters. The molecule has 0 unspecified atom stereocenters. The fourth-order valence-corrected chi connectivity index (χ4v) is 2.99. The minimum atomic E-state index is 0.633. The van der Waals surface area contributed by atoms with Gasteiger partial charge < -0.3 is 13.7 Å². The molecular weight excluding hydrogens is 431 g/mol. The Bertz CT molecular complexity index is 633. The number of anilines is 1. The molecule has 0 aromatic carbocycles. The lowest BCUT2D eigenvalue weighted by molar-refractivity contribution is 0.438. The molecule has 0 bridgehead atoms. The van der Waals surface area contributed by atoms with Crippen LogP contribution in [0.5, 0.6) is 0 Å². The molecule has 1 aliphatic heterocycles. The quantitative estimate of drug-likeness (QED) is 0.380. The van der Waals surface area contributed by atoms with E-state index in [9.17, 15) is 0 Å². The predicted molar refractivity (Wildman–Crippen MR) is 84.8 cm³/mol. The lowest BCUT2D eigenvalue weighted by atomic mass is 10.3. The molecule has 0 spiro atoms. The van der Waals surface area contributed by atoms with Crippen LogP contribution in [0, 0.1) is 4.51 Å². The summed E-state index contributed by atoms with van der Waals surface area (Å²) in [6.07, 6.45) is 1.61. The van der Waals surface area contributed by atoms with E-state index < -0.39 is 0 Å². The third-order valence-corrected chi connectivity index (χ3v) is 4.74. The van der Waals surface area contributed by atoms with Gasteiger partial charge in [0.25, 0.3) is 0 Å². The van der Waals surface area contributed by atoms with Crippen LogP contribution in [-0.2, 0) is 0 Å². The van der Waals surface area contributed by atoms with Gasteiger partial charge in [0.05, 0.1) is 8.98 Å². The number of rotatable bonds is 1. The van der Waals surface area contributed by atoms with E-state index >= 15 is 0 Å². The molecule has 3 rings (SSSR count). The normalized spacial score (nSPS) is 17.6. The summed E-state index contributed by atoms with van der Waals surface area (Å²) in [6.45, 7) is 3.94. The van der Waals surface area contributed by atoms with E-state index in [4.69, 9.17) is 21.1 Å². The molecule has 0 aliphatic carbocycles. The first-order valence-electron chi connectivity index (χ1n) is 5.51. The largest absolute Gasteiger partial charge is 0.458 e. The zero-order chi connectivity index (χ0) is 12.7. The van der Waals surface area contributed by atoms with Crippen molar-refractivity contribution >= 4 is 68.1 Å². The Hall–Kier alpha value is -0.120. The first-order chi connectivity index (χ1) is 8.65. The second-order valence-corrected chi connectivity index (χ2v) is 6.75. The van der Waals surface area contributed by atoms with E-state index in [1.807, 2.05) is 6.07 Å². The van der Waals surface area contributed by atoms with Gasteiger partial charge in [0, 0.05) is 55.1 Å². The predicted octanol–water partition coefficient (Wildman–Crippen LogP) is 3.99. The Morgan fingerprint density at radius 2 is 1.94 bits per heavy atom. The average molecular weight is 441 g/mol. The molecule has 4 nitrogen and oxygen atoms in total. The fourth-order valence-electron chi connectivity index (χ4n) is 1.96. The van der Waals surface area contributed by atoms with Crippen LogP contribution >= 0.6 is 51.0 Å². The van der Waals surface area contributed by atoms with Crippen LogP contribution < -0.4 is 4.90 Å². The van der Waals surface area contributed by atoms with Crippen molar-refractivity contribution in [1.82, 2.24) is 3.11 Å². The van der Waals surface area contributed by atoms with Crippen molar-refractivity contribution in [3.63, 3.8) is 0 Å². The Kier molecular flexibility index (Phi) is 3.65. The van der Waals surface area contributed by atoms with Gasteiger partial charge >= 0.3 is 0 Å². The Balaban J connectivity index is 2.02. The molecule has 1 saturated heterocycles. The highest BCUT2D eigenvalue weighted by molar-refractivity contribution is 14.1. The molecule has 18 heavy (non-hydrogen) atoms. The lowest BCUT2D eigenvalue weighted by Gasteiger charge is -2.31. The number of fused-ring (bicyclic) bond motifs is 1. The SMILES string of the molecule is S=c1cc(N2CCN(I)CC2)oc2c(Br)coc12. The molecule has 2 aromatic rings. The zero-order valence-corrected chi connectivity index (χ0v) is 13.9. The third kappa shape index (κ3) is 2.33. The van der Waals surface area contributed by atoms with Crippen LogP contribution in [0.2, 0.25) is 0 Å². The molecule has 0 N–H and O–H groups in total. The van der Waals surface area contributed by atoms with E-state index in [1.165, 1.54) is 0 Å². The molecular formula is C11H10BrIN2O2S. The van der Waals surface area contributed by atoms with E-state index in [1.54, 1.807) is 6.26 Å². The topological polar surface area (TPSA) is 32.8 Å². The number of halogens is 2. The van der Waals surface area contributed by atoms with Crippen LogP contribution in [0.3, 0.4) is 0 Å². The molecule has 96 valence electrons. The van der Waals surface area contributed by atoms with Crippen molar-refractivity contribution in [3.8, 4) is 0 Å². The van der Waals surface area contributed by atoms with Crippen molar-refractivity contribution in [2.75, 3.05) is 31.1 Å². The zero-order valence-electron chi connectivity index (χ0n) is 9.36. The minimum absolute atomic E-state index is 0.633. The summed E-state index contributed by atoms with van der Waals surface area (Å²) >= 11 is 11.1. The molecule has 0 amide bonds. The van der Waals surface area contributed by atoms with E-state index in [0.29, 0.717) is 15.7 Å².